The monoisotopic (exact) mass is 522 g/mol. The Morgan fingerprint density at radius 3 is 2.76 bits per heavy atom. The molecular formula is C24H26N8O4S. The molecule has 13 heteroatoms. The lowest BCUT2D eigenvalue weighted by Crippen LogP contribution is -2.39. The van der Waals surface area contributed by atoms with E-state index in [-0.39, 0.29) is 23.6 Å². The third-order valence-electron chi connectivity index (χ3n) is 6.08. The number of amides is 1. The molecule has 0 unspecified atom stereocenters. The number of ether oxygens (including phenoxy) is 1. The van der Waals surface area contributed by atoms with Crippen molar-refractivity contribution in [2.75, 3.05) is 18.1 Å². The van der Waals surface area contributed by atoms with E-state index in [9.17, 15) is 14.4 Å². The Balaban J connectivity index is 1.50. The summed E-state index contributed by atoms with van der Waals surface area (Å²) in [5.41, 5.74) is 0.146. The first-order chi connectivity index (χ1) is 17.9. The van der Waals surface area contributed by atoms with Crippen LogP contribution in [0.4, 0.5) is 5.13 Å². The van der Waals surface area contributed by atoms with Gasteiger partial charge in [0.25, 0.3) is 5.56 Å². The smallest absolute Gasteiger partial charge is 0.332 e. The van der Waals surface area contributed by atoms with Crippen LogP contribution in [0, 0.1) is 0 Å². The van der Waals surface area contributed by atoms with Crippen molar-refractivity contribution in [3.05, 3.63) is 64.1 Å². The molecule has 37 heavy (non-hydrogen) atoms. The van der Waals surface area contributed by atoms with Crippen molar-refractivity contribution in [2.45, 2.75) is 26.4 Å². The molecule has 12 nitrogen and oxygen atoms in total. The minimum Gasteiger partial charge on any atom is -0.492 e. The maximum Gasteiger partial charge on any atom is 0.332 e. The Labute approximate surface area is 215 Å². The van der Waals surface area contributed by atoms with Crippen LogP contribution in [-0.4, -0.2) is 52.3 Å². The van der Waals surface area contributed by atoms with E-state index in [1.54, 1.807) is 24.5 Å². The van der Waals surface area contributed by atoms with Crippen LogP contribution in [0.5, 0.6) is 5.75 Å². The second kappa shape index (κ2) is 10.0. The Bertz CT molecular complexity index is 1700. The molecule has 0 aliphatic rings. The second-order valence-corrected chi connectivity index (χ2v) is 9.49. The lowest BCUT2D eigenvalue weighted by Gasteiger charge is -2.20. The summed E-state index contributed by atoms with van der Waals surface area (Å²) in [6.45, 7) is 3.36. The van der Waals surface area contributed by atoms with Crippen molar-refractivity contribution in [1.82, 2.24) is 33.2 Å². The number of aromatic nitrogens is 7. The lowest BCUT2D eigenvalue weighted by atomic mass is 10.3. The van der Waals surface area contributed by atoms with Gasteiger partial charge in [0, 0.05) is 39.6 Å². The van der Waals surface area contributed by atoms with Crippen LogP contribution in [0.25, 0.3) is 21.4 Å². The molecular weight excluding hydrogens is 496 g/mol. The number of aryl methyl sites for hydroxylation is 2. The number of carbonyl (C=O) groups is 1. The van der Waals surface area contributed by atoms with Gasteiger partial charge in [0.2, 0.25) is 5.91 Å². The second-order valence-electron chi connectivity index (χ2n) is 8.48. The third kappa shape index (κ3) is 4.53. The number of rotatable bonds is 9. The molecule has 0 spiro atoms. The van der Waals surface area contributed by atoms with Gasteiger partial charge >= 0.3 is 5.69 Å². The number of benzene rings is 1. The minimum atomic E-state index is -0.503. The van der Waals surface area contributed by atoms with E-state index < -0.39 is 11.2 Å². The summed E-state index contributed by atoms with van der Waals surface area (Å²) in [6, 6.07) is 5.71. The summed E-state index contributed by atoms with van der Waals surface area (Å²) >= 11 is 1.41. The van der Waals surface area contributed by atoms with Crippen molar-refractivity contribution in [2.24, 2.45) is 14.1 Å². The van der Waals surface area contributed by atoms with E-state index in [1.165, 1.54) is 33.8 Å². The van der Waals surface area contributed by atoms with E-state index in [0.29, 0.717) is 42.5 Å². The van der Waals surface area contributed by atoms with Crippen molar-refractivity contribution >= 4 is 43.8 Å². The fraction of sp³-hybridized carbons (Fsp3) is 0.333. The number of carbonyl (C=O) groups excluding carboxylic acids is 1. The van der Waals surface area contributed by atoms with Crippen molar-refractivity contribution in [3.63, 3.8) is 0 Å². The Kier molecular flexibility index (Phi) is 6.61. The van der Waals surface area contributed by atoms with E-state index in [0.717, 1.165) is 9.27 Å². The van der Waals surface area contributed by atoms with Gasteiger partial charge in [-0.25, -0.2) is 19.7 Å². The number of anilines is 1. The molecule has 0 aliphatic carbocycles. The summed E-state index contributed by atoms with van der Waals surface area (Å²) in [5.74, 6) is 0.413. The molecule has 0 saturated carbocycles. The number of imidazole rings is 2. The largest absolute Gasteiger partial charge is 0.492 e. The van der Waals surface area contributed by atoms with Gasteiger partial charge in [-0.1, -0.05) is 17.4 Å². The first-order valence-corrected chi connectivity index (χ1v) is 12.6. The number of thiazole rings is 1. The molecule has 0 fully saturated rings. The van der Waals surface area contributed by atoms with Crippen molar-refractivity contribution in [1.29, 1.82) is 0 Å². The average molecular weight is 523 g/mol. The highest BCUT2D eigenvalue weighted by Crippen LogP contribution is 2.34. The molecule has 0 aliphatic heterocycles. The van der Waals surface area contributed by atoms with Gasteiger partial charge in [-0.2, -0.15) is 0 Å². The SMILES string of the molecule is CCOc1cccc2sc(N(CCCn3ccnc3)C(=O)Cn3cnc4c3c(=O)n(C)c(=O)n4C)nc12. The highest BCUT2D eigenvalue weighted by atomic mass is 32.1. The molecule has 1 aromatic carbocycles. The zero-order chi connectivity index (χ0) is 26.1. The first-order valence-electron chi connectivity index (χ1n) is 11.8. The van der Waals surface area contributed by atoms with Crippen LogP contribution < -0.4 is 20.9 Å². The molecule has 0 radical (unpaired) electrons. The molecule has 192 valence electrons. The Hall–Kier alpha value is -4.26. The summed E-state index contributed by atoms with van der Waals surface area (Å²) in [5, 5.41) is 0.544. The van der Waals surface area contributed by atoms with Gasteiger partial charge in [0.05, 0.1) is 24.0 Å². The Morgan fingerprint density at radius 1 is 1.16 bits per heavy atom. The van der Waals surface area contributed by atoms with E-state index in [2.05, 4.69) is 9.97 Å². The van der Waals surface area contributed by atoms with Crippen LogP contribution >= 0.6 is 11.3 Å². The van der Waals surface area contributed by atoms with Crippen LogP contribution in [0.1, 0.15) is 13.3 Å². The van der Waals surface area contributed by atoms with Gasteiger partial charge in [-0.15, -0.1) is 0 Å². The number of hydrogen-bond donors (Lipinski definition) is 0. The molecule has 0 bridgehead atoms. The van der Waals surface area contributed by atoms with Crippen LogP contribution in [-0.2, 0) is 32.0 Å². The number of fused-ring (bicyclic) bond motifs is 2. The molecule has 0 N–H and O–H groups in total. The zero-order valence-electron chi connectivity index (χ0n) is 20.7. The highest BCUT2D eigenvalue weighted by molar-refractivity contribution is 7.22. The topological polar surface area (TPSA) is 122 Å². The summed E-state index contributed by atoms with van der Waals surface area (Å²) in [4.78, 5) is 53.5. The molecule has 5 rings (SSSR count). The highest BCUT2D eigenvalue weighted by Gasteiger charge is 2.23. The number of hydrogen-bond acceptors (Lipinski definition) is 8. The quantitative estimate of drug-likeness (QED) is 0.289. The van der Waals surface area contributed by atoms with Crippen LogP contribution in [0.3, 0.4) is 0 Å². The standard InChI is InChI=1S/C24H26N8O4S/c1-4-36-16-7-5-8-17-19(16)27-23(37-17)32(11-6-10-30-12-9-25-14-30)18(33)13-31-15-26-21-20(31)22(34)29(3)24(35)28(21)2/h5,7-9,12,14-15H,4,6,10-11,13H2,1-3H3. The summed E-state index contributed by atoms with van der Waals surface area (Å²) in [7, 11) is 2.95. The van der Waals surface area contributed by atoms with Gasteiger partial charge in [-0.05, 0) is 25.5 Å². The van der Waals surface area contributed by atoms with Gasteiger partial charge < -0.3 is 13.9 Å². The number of nitrogens with zero attached hydrogens (tertiary/aromatic N) is 8. The van der Waals surface area contributed by atoms with E-state index in [4.69, 9.17) is 9.72 Å². The third-order valence-corrected chi connectivity index (χ3v) is 7.13. The van der Waals surface area contributed by atoms with Crippen molar-refractivity contribution in [3.8, 4) is 5.75 Å². The zero-order valence-corrected chi connectivity index (χ0v) is 21.5. The van der Waals surface area contributed by atoms with Crippen LogP contribution in [0.15, 0.2) is 52.8 Å². The molecule has 0 saturated heterocycles. The fourth-order valence-electron chi connectivity index (χ4n) is 4.20. The summed E-state index contributed by atoms with van der Waals surface area (Å²) < 4.78 is 12.4. The lowest BCUT2D eigenvalue weighted by molar-refractivity contribution is -0.119. The molecule has 1 amide bonds. The predicted molar refractivity (Wildman–Crippen MR) is 140 cm³/mol. The maximum atomic E-state index is 13.7. The molecule has 4 aromatic heterocycles. The first kappa shape index (κ1) is 24.4. The van der Waals surface area contributed by atoms with Gasteiger partial charge in [0.1, 0.15) is 17.8 Å². The van der Waals surface area contributed by atoms with E-state index in [1.807, 2.05) is 35.9 Å². The average Bonchev–Trinajstić information content (AvgIpc) is 3.64. The Morgan fingerprint density at radius 2 is 2.00 bits per heavy atom. The van der Waals surface area contributed by atoms with Gasteiger partial charge in [-0.3, -0.25) is 23.6 Å². The molecule has 4 heterocycles. The molecule has 5 aromatic rings. The van der Waals surface area contributed by atoms with E-state index >= 15 is 0 Å². The minimum absolute atomic E-state index is 0.136. The van der Waals surface area contributed by atoms with Crippen molar-refractivity contribution < 1.29 is 9.53 Å². The maximum absolute atomic E-state index is 13.7. The number of para-hydroxylation sites is 1. The van der Waals surface area contributed by atoms with Gasteiger partial charge in [0.15, 0.2) is 16.3 Å². The summed E-state index contributed by atoms with van der Waals surface area (Å²) in [6.07, 6.45) is 7.39. The molecule has 0 atom stereocenters. The fourth-order valence-corrected chi connectivity index (χ4v) is 5.23. The normalized spacial score (nSPS) is 11.4. The predicted octanol–water partition coefficient (Wildman–Crippen LogP) is 1.76. The van der Waals surface area contributed by atoms with Crippen LogP contribution in [0.2, 0.25) is 0 Å².